The van der Waals surface area contributed by atoms with E-state index in [0.717, 1.165) is 56.2 Å². The molecule has 1 aliphatic heterocycles. The van der Waals surface area contributed by atoms with E-state index in [4.69, 9.17) is 0 Å². The molecule has 0 atom stereocenters. The lowest BCUT2D eigenvalue weighted by Crippen LogP contribution is -2.48. The predicted molar refractivity (Wildman–Crippen MR) is 113 cm³/mol. The maximum absolute atomic E-state index is 13.1. The highest BCUT2D eigenvalue weighted by Gasteiger charge is 2.25. The summed E-state index contributed by atoms with van der Waals surface area (Å²) in [5.41, 5.74) is 4.32. The molecule has 0 bridgehead atoms. The normalized spacial score (nSPS) is 15.1. The Morgan fingerprint density at radius 2 is 1.82 bits per heavy atom. The van der Waals surface area contributed by atoms with Crippen molar-refractivity contribution in [2.24, 2.45) is 0 Å². The number of nitrogens with zero attached hydrogens (tertiary/aromatic N) is 4. The predicted octanol–water partition coefficient (Wildman–Crippen LogP) is 3.57. The third-order valence-corrected chi connectivity index (χ3v) is 6.37. The molecule has 0 aliphatic carbocycles. The monoisotopic (exact) mass is 394 g/mol. The van der Waals surface area contributed by atoms with Crippen LogP contribution in [0.1, 0.15) is 32.2 Å². The van der Waals surface area contributed by atoms with E-state index in [9.17, 15) is 4.79 Å². The molecule has 6 heteroatoms. The van der Waals surface area contributed by atoms with Crippen LogP contribution < -0.4 is 0 Å². The van der Waals surface area contributed by atoms with E-state index in [2.05, 4.69) is 64.0 Å². The van der Waals surface area contributed by atoms with Gasteiger partial charge < -0.3 is 9.47 Å². The number of aromatic nitrogens is 2. The average molecular weight is 395 g/mol. The average Bonchev–Trinajstić information content (AvgIpc) is 3.33. The first-order chi connectivity index (χ1) is 13.6. The van der Waals surface area contributed by atoms with Crippen LogP contribution in [0.3, 0.4) is 0 Å². The van der Waals surface area contributed by atoms with Crippen LogP contribution in [0.2, 0.25) is 0 Å². The van der Waals surface area contributed by atoms with Crippen molar-refractivity contribution in [2.75, 3.05) is 26.2 Å². The summed E-state index contributed by atoms with van der Waals surface area (Å²) >= 11 is 1.76. The number of thiophene rings is 1. The molecule has 1 aliphatic rings. The number of aryl methyl sites for hydroxylation is 1. The van der Waals surface area contributed by atoms with E-state index >= 15 is 0 Å². The molecule has 3 aromatic rings. The summed E-state index contributed by atoms with van der Waals surface area (Å²) in [6, 6.07) is 10.4. The molecule has 3 aromatic heterocycles. The molecule has 1 fully saturated rings. The van der Waals surface area contributed by atoms with Crippen molar-refractivity contribution in [1.29, 1.82) is 0 Å². The van der Waals surface area contributed by atoms with Gasteiger partial charge in [0.25, 0.3) is 5.91 Å². The molecule has 0 unspecified atom stereocenters. The Bertz CT molecular complexity index is 925. The summed E-state index contributed by atoms with van der Waals surface area (Å²) in [7, 11) is 0. The number of amides is 1. The number of hydrogen-bond donors (Lipinski definition) is 0. The molecule has 1 amide bonds. The lowest BCUT2D eigenvalue weighted by molar-refractivity contribution is 0.0627. The number of carbonyl (C=O) groups excluding carboxylic acids is 1. The maximum Gasteiger partial charge on any atom is 0.255 e. The zero-order valence-corrected chi connectivity index (χ0v) is 17.3. The SMILES string of the molecule is Cc1cc(C(=O)N2CCN(Cc3ccncc3)CC2)c(C)n1Cc1cccs1. The lowest BCUT2D eigenvalue weighted by atomic mass is 10.2. The largest absolute Gasteiger partial charge is 0.343 e. The third kappa shape index (κ3) is 4.03. The van der Waals surface area contributed by atoms with Gasteiger partial charge in [0.05, 0.1) is 12.1 Å². The van der Waals surface area contributed by atoms with Crippen molar-refractivity contribution in [3.05, 3.63) is 75.5 Å². The van der Waals surface area contributed by atoms with Gasteiger partial charge >= 0.3 is 0 Å². The highest BCUT2D eigenvalue weighted by molar-refractivity contribution is 7.09. The van der Waals surface area contributed by atoms with Crippen LogP contribution in [0.25, 0.3) is 0 Å². The second-order valence-corrected chi connectivity index (χ2v) is 8.41. The van der Waals surface area contributed by atoms with E-state index in [1.807, 2.05) is 17.3 Å². The van der Waals surface area contributed by atoms with Gasteiger partial charge in [-0.3, -0.25) is 14.7 Å². The first-order valence-electron chi connectivity index (χ1n) is 9.71. The number of hydrogen-bond acceptors (Lipinski definition) is 4. The standard InChI is InChI=1S/C22H26N4OS/c1-17-14-21(18(2)26(17)16-20-4-3-13-28-20)22(27)25-11-9-24(10-12-25)15-19-5-7-23-8-6-19/h3-8,13-14H,9-12,15-16H2,1-2H3. The molecule has 5 nitrogen and oxygen atoms in total. The molecule has 1 saturated heterocycles. The summed E-state index contributed by atoms with van der Waals surface area (Å²) in [5, 5.41) is 2.10. The minimum absolute atomic E-state index is 0.161. The van der Waals surface area contributed by atoms with Gasteiger partial charge in [0.2, 0.25) is 0 Å². The van der Waals surface area contributed by atoms with Gasteiger partial charge in [-0.05, 0) is 49.1 Å². The van der Waals surface area contributed by atoms with Crippen molar-refractivity contribution >= 4 is 17.2 Å². The fourth-order valence-corrected chi connectivity index (χ4v) is 4.54. The summed E-state index contributed by atoms with van der Waals surface area (Å²) in [5.74, 6) is 0.161. The number of piperazine rings is 1. The Labute approximate surface area is 170 Å². The summed E-state index contributed by atoms with van der Waals surface area (Å²) in [4.78, 5) is 22.9. The second-order valence-electron chi connectivity index (χ2n) is 7.37. The van der Waals surface area contributed by atoms with Crippen molar-refractivity contribution in [3.63, 3.8) is 0 Å². The van der Waals surface area contributed by atoms with Crippen molar-refractivity contribution in [1.82, 2.24) is 19.4 Å². The van der Waals surface area contributed by atoms with Crippen molar-refractivity contribution < 1.29 is 4.79 Å². The molecule has 0 radical (unpaired) electrons. The van der Waals surface area contributed by atoms with Crippen LogP contribution in [0.4, 0.5) is 0 Å². The van der Waals surface area contributed by atoms with E-state index in [1.54, 1.807) is 11.3 Å². The van der Waals surface area contributed by atoms with Gasteiger partial charge in [-0.25, -0.2) is 0 Å². The zero-order chi connectivity index (χ0) is 19.5. The minimum Gasteiger partial charge on any atom is -0.343 e. The molecule has 146 valence electrons. The van der Waals surface area contributed by atoms with E-state index in [-0.39, 0.29) is 5.91 Å². The summed E-state index contributed by atoms with van der Waals surface area (Å²) in [6.07, 6.45) is 3.67. The Morgan fingerprint density at radius 3 is 2.50 bits per heavy atom. The van der Waals surface area contributed by atoms with Gasteiger partial charge in [-0.15, -0.1) is 11.3 Å². The van der Waals surface area contributed by atoms with Crippen LogP contribution in [-0.2, 0) is 13.1 Å². The summed E-state index contributed by atoms with van der Waals surface area (Å²) in [6.45, 7) is 9.26. The minimum atomic E-state index is 0.161. The Morgan fingerprint density at radius 1 is 1.07 bits per heavy atom. The Kier molecular flexibility index (Phi) is 5.59. The van der Waals surface area contributed by atoms with Crippen molar-refractivity contribution in [2.45, 2.75) is 26.9 Å². The Hall–Kier alpha value is -2.44. The van der Waals surface area contributed by atoms with Gasteiger partial charge in [0, 0.05) is 61.4 Å². The highest BCUT2D eigenvalue weighted by atomic mass is 32.1. The molecule has 28 heavy (non-hydrogen) atoms. The summed E-state index contributed by atoms with van der Waals surface area (Å²) < 4.78 is 2.25. The Balaban J connectivity index is 1.40. The van der Waals surface area contributed by atoms with E-state index in [0.29, 0.717) is 0 Å². The lowest BCUT2D eigenvalue weighted by Gasteiger charge is -2.34. The van der Waals surface area contributed by atoms with Crippen LogP contribution in [-0.4, -0.2) is 51.4 Å². The third-order valence-electron chi connectivity index (χ3n) is 5.51. The molecule has 0 N–H and O–H groups in total. The van der Waals surface area contributed by atoms with Crippen LogP contribution in [0.15, 0.2) is 48.1 Å². The van der Waals surface area contributed by atoms with Crippen molar-refractivity contribution in [3.8, 4) is 0 Å². The number of pyridine rings is 1. The number of rotatable bonds is 5. The molecule has 4 rings (SSSR count). The van der Waals surface area contributed by atoms with Crippen LogP contribution in [0.5, 0.6) is 0 Å². The fourth-order valence-electron chi connectivity index (χ4n) is 3.85. The topological polar surface area (TPSA) is 41.4 Å². The van der Waals surface area contributed by atoms with Crippen LogP contribution in [0, 0.1) is 13.8 Å². The first kappa shape index (κ1) is 18.9. The fraction of sp³-hybridized carbons (Fsp3) is 0.364. The first-order valence-corrected chi connectivity index (χ1v) is 10.6. The van der Waals surface area contributed by atoms with Gasteiger partial charge in [0.15, 0.2) is 0 Å². The quantitative estimate of drug-likeness (QED) is 0.664. The second kappa shape index (κ2) is 8.29. The van der Waals surface area contributed by atoms with Gasteiger partial charge in [0.1, 0.15) is 0 Å². The molecular weight excluding hydrogens is 368 g/mol. The number of carbonyl (C=O) groups is 1. The van der Waals surface area contributed by atoms with E-state index in [1.165, 1.54) is 10.4 Å². The molecule has 0 spiro atoms. The van der Waals surface area contributed by atoms with E-state index < -0.39 is 0 Å². The van der Waals surface area contributed by atoms with Gasteiger partial charge in [-0.2, -0.15) is 0 Å². The molecule has 0 saturated carbocycles. The molecule has 4 heterocycles. The van der Waals surface area contributed by atoms with Gasteiger partial charge in [-0.1, -0.05) is 6.07 Å². The molecular formula is C22H26N4OS. The maximum atomic E-state index is 13.1. The van der Waals surface area contributed by atoms with Crippen LogP contribution >= 0.6 is 11.3 Å². The molecule has 0 aromatic carbocycles. The highest BCUT2D eigenvalue weighted by Crippen LogP contribution is 2.21. The zero-order valence-electron chi connectivity index (χ0n) is 16.5. The smallest absolute Gasteiger partial charge is 0.255 e.